The van der Waals surface area contributed by atoms with Gasteiger partial charge in [0.2, 0.25) is 0 Å². The van der Waals surface area contributed by atoms with Crippen molar-refractivity contribution in [1.82, 2.24) is 9.78 Å². The van der Waals surface area contributed by atoms with Gasteiger partial charge in [-0.1, -0.05) is 11.6 Å². The molecular weight excluding hydrogens is 298 g/mol. The molecule has 1 aromatic carbocycles. The highest BCUT2D eigenvalue weighted by Crippen LogP contribution is 2.22. The van der Waals surface area contributed by atoms with Crippen LogP contribution in [0.3, 0.4) is 0 Å². The summed E-state index contributed by atoms with van der Waals surface area (Å²) >= 11 is 5.90. The molecule has 2 N–H and O–H groups in total. The van der Waals surface area contributed by atoms with Crippen LogP contribution >= 0.6 is 11.6 Å². The van der Waals surface area contributed by atoms with Gasteiger partial charge in [-0.15, -0.1) is 0 Å². The minimum absolute atomic E-state index is 0.0563. The molecule has 0 unspecified atom stereocenters. The van der Waals surface area contributed by atoms with Crippen molar-refractivity contribution >= 4 is 29.2 Å². The Bertz CT molecular complexity index is 684. The molecule has 0 radical (unpaired) electrons. The first-order valence-electron chi connectivity index (χ1n) is 5.88. The van der Waals surface area contributed by atoms with Crippen molar-refractivity contribution in [2.75, 3.05) is 12.4 Å². The molecule has 110 valence electrons. The van der Waals surface area contributed by atoms with Gasteiger partial charge in [-0.05, 0) is 18.2 Å². The maximum Gasteiger partial charge on any atom is 0.327 e. The number of aromatic nitrogens is 2. The number of rotatable bonds is 4. The molecule has 0 aliphatic carbocycles. The molecule has 0 aliphatic rings. The summed E-state index contributed by atoms with van der Waals surface area (Å²) in [6, 6.07) is 4.07. The lowest BCUT2D eigenvalue weighted by molar-refractivity contribution is -0.141. The number of carbonyl (C=O) groups excluding carboxylic acids is 2. The topological polar surface area (TPSA) is 93.5 Å². The van der Waals surface area contributed by atoms with Crippen LogP contribution < -0.4 is 5.32 Å². The Labute approximate surface area is 125 Å². The first-order valence-corrected chi connectivity index (χ1v) is 6.26. The van der Waals surface area contributed by atoms with E-state index < -0.39 is 11.9 Å². The van der Waals surface area contributed by atoms with Gasteiger partial charge < -0.3 is 15.2 Å². The van der Waals surface area contributed by atoms with Crippen LogP contribution in [-0.4, -0.2) is 33.9 Å². The zero-order chi connectivity index (χ0) is 15.4. The fourth-order valence-electron chi connectivity index (χ4n) is 1.60. The fraction of sp³-hybridized carbons (Fsp3) is 0.154. The number of amides is 1. The van der Waals surface area contributed by atoms with Gasteiger partial charge in [0.05, 0.1) is 29.6 Å². The summed E-state index contributed by atoms with van der Waals surface area (Å²) in [6.45, 7) is -0.0563. The maximum atomic E-state index is 12.0. The molecule has 8 heteroatoms. The number of ether oxygens (including phenoxy) is 1. The van der Waals surface area contributed by atoms with Gasteiger partial charge in [-0.3, -0.25) is 14.3 Å². The van der Waals surface area contributed by atoms with Crippen molar-refractivity contribution in [3.8, 4) is 5.75 Å². The van der Waals surface area contributed by atoms with E-state index in [0.29, 0.717) is 5.69 Å². The van der Waals surface area contributed by atoms with Gasteiger partial charge in [0.1, 0.15) is 12.3 Å². The number of hydrogen-bond donors (Lipinski definition) is 2. The number of phenolic OH excluding ortho intramolecular Hbond substituents is 1. The molecule has 2 aromatic rings. The summed E-state index contributed by atoms with van der Waals surface area (Å²) in [6.07, 6.45) is 2.86. The Hall–Kier alpha value is -2.54. The van der Waals surface area contributed by atoms with Crippen LogP contribution in [0.25, 0.3) is 0 Å². The molecule has 7 nitrogen and oxygen atoms in total. The van der Waals surface area contributed by atoms with Crippen LogP contribution in [0.4, 0.5) is 5.69 Å². The second-order valence-corrected chi connectivity index (χ2v) is 4.53. The van der Waals surface area contributed by atoms with E-state index in [1.54, 1.807) is 0 Å². The molecule has 2 rings (SSSR count). The third-order valence-corrected chi connectivity index (χ3v) is 2.93. The predicted octanol–water partition coefficient (Wildman–Crippen LogP) is 1.67. The van der Waals surface area contributed by atoms with Crippen LogP contribution in [0.15, 0.2) is 30.6 Å². The quantitative estimate of drug-likeness (QED) is 0.838. The number of halogens is 1. The van der Waals surface area contributed by atoms with E-state index in [9.17, 15) is 14.7 Å². The van der Waals surface area contributed by atoms with Crippen molar-refractivity contribution in [3.05, 3.63) is 41.2 Å². The molecule has 1 heterocycles. The number of anilines is 1. The highest BCUT2D eigenvalue weighted by Gasteiger charge is 2.13. The number of benzene rings is 1. The minimum Gasteiger partial charge on any atom is -0.508 e. The van der Waals surface area contributed by atoms with Crippen LogP contribution in [0, 0.1) is 0 Å². The molecule has 1 aromatic heterocycles. The number of nitrogens with zero attached hydrogens (tertiary/aromatic N) is 2. The molecule has 0 aliphatic heterocycles. The van der Waals surface area contributed by atoms with Gasteiger partial charge in [-0.25, -0.2) is 0 Å². The summed E-state index contributed by atoms with van der Waals surface area (Å²) in [5, 5.41) is 16.1. The summed E-state index contributed by atoms with van der Waals surface area (Å²) in [5.74, 6) is -1.01. The van der Waals surface area contributed by atoms with Crippen LogP contribution in [0.2, 0.25) is 5.02 Å². The Morgan fingerprint density at radius 2 is 2.24 bits per heavy atom. The second kappa shape index (κ2) is 6.27. The largest absolute Gasteiger partial charge is 0.508 e. The fourth-order valence-corrected chi connectivity index (χ4v) is 1.80. The molecule has 0 bridgehead atoms. The Balaban J connectivity index is 2.09. The molecule has 0 fully saturated rings. The van der Waals surface area contributed by atoms with Gasteiger partial charge in [0, 0.05) is 6.20 Å². The Morgan fingerprint density at radius 3 is 2.95 bits per heavy atom. The minimum atomic E-state index is -0.492. The number of carbonyl (C=O) groups is 2. The van der Waals surface area contributed by atoms with E-state index in [4.69, 9.17) is 11.6 Å². The van der Waals surface area contributed by atoms with Crippen molar-refractivity contribution in [2.45, 2.75) is 6.54 Å². The van der Waals surface area contributed by atoms with E-state index in [0.717, 1.165) is 0 Å². The van der Waals surface area contributed by atoms with Gasteiger partial charge in [0.15, 0.2) is 0 Å². The summed E-state index contributed by atoms with van der Waals surface area (Å²) in [4.78, 5) is 23.1. The van der Waals surface area contributed by atoms with Crippen molar-refractivity contribution in [2.24, 2.45) is 0 Å². The summed E-state index contributed by atoms with van der Waals surface area (Å²) < 4.78 is 5.84. The van der Waals surface area contributed by atoms with Crippen LogP contribution in [-0.2, 0) is 16.1 Å². The van der Waals surface area contributed by atoms with Gasteiger partial charge >= 0.3 is 5.97 Å². The van der Waals surface area contributed by atoms with Crippen molar-refractivity contribution in [1.29, 1.82) is 0 Å². The van der Waals surface area contributed by atoms with Gasteiger partial charge in [-0.2, -0.15) is 5.10 Å². The van der Waals surface area contributed by atoms with Crippen molar-refractivity contribution < 1.29 is 19.4 Å². The highest BCUT2D eigenvalue weighted by molar-refractivity contribution is 6.34. The molecule has 0 spiro atoms. The molecule has 0 saturated carbocycles. The van der Waals surface area contributed by atoms with Crippen molar-refractivity contribution in [3.63, 3.8) is 0 Å². The van der Waals surface area contributed by atoms with E-state index in [1.165, 1.54) is 42.4 Å². The Morgan fingerprint density at radius 1 is 1.48 bits per heavy atom. The number of nitrogens with one attached hydrogen (secondary N) is 1. The zero-order valence-electron chi connectivity index (χ0n) is 11.0. The smallest absolute Gasteiger partial charge is 0.327 e. The SMILES string of the molecule is COC(=O)Cn1cc(NC(=O)c2cc(O)ccc2Cl)cn1. The van der Waals surface area contributed by atoms with E-state index >= 15 is 0 Å². The monoisotopic (exact) mass is 309 g/mol. The summed E-state index contributed by atoms with van der Waals surface area (Å²) in [5.41, 5.74) is 0.528. The molecule has 1 amide bonds. The average Bonchev–Trinajstić information content (AvgIpc) is 2.88. The standard InChI is InChI=1S/C13H12ClN3O4/c1-21-12(19)7-17-6-8(5-15-17)16-13(20)10-4-9(18)2-3-11(10)14/h2-6,18H,7H2,1H3,(H,16,20). The molecule has 21 heavy (non-hydrogen) atoms. The third-order valence-electron chi connectivity index (χ3n) is 2.60. The first kappa shape index (κ1) is 14.9. The lowest BCUT2D eigenvalue weighted by atomic mass is 10.2. The predicted molar refractivity (Wildman–Crippen MR) is 75.3 cm³/mol. The van der Waals surface area contributed by atoms with Crippen LogP contribution in [0.5, 0.6) is 5.75 Å². The van der Waals surface area contributed by atoms with E-state index in [-0.39, 0.29) is 22.9 Å². The number of esters is 1. The number of hydrogen-bond acceptors (Lipinski definition) is 5. The molecular formula is C13H12ClN3O4. The second-order valence-electron chi connectivity index (χ2n) is 4.12. The summed E-state index contributed by atoms with van der Waals surface area (Å²) in [7, 11) is 1.28. The first-order chi connectivity index (χ1) is 9.99. The van der Waals surface area contributed by atoms with E-state index in [2.05, 4.69) is 15.2 Å². The maximum absolute atomic E-state index is 12.0. The number of aromatic hydroxyl groups is 1. The van der Waals surface area contributed by atoms with E-state index in [1.807, 2.05) is 0 Å². The zero-order valence-corrected chi connectivity index (χ0v) is 11.8. The van der Waals surface area contributed by atoms with Gasteiger partial charge in [0.25, 0.3) is 5.91 Å². The number of methoxy groups -OCH3 is 1. The Kier molecular flexibility index (Phi) is 4.44. The highest BCUT2D eigenvalue weighted by atomic mass is 35.5. The number of phenols is 1. The van der Waals surface area contributed by atoms with Crippen LogP contribution in [0.1, 0.15) is 10.4 Å². The third kappa shape index (κ3) is 3.73. The lowest BCUT2D eigenvalue weighted by Crippen LogP contribution is -2.13. The lowest BCUT2D eigenvalue weighted by Gasteiger charge is -2.05. The molecule has 0 saturated heterocycles. The normalized spacial score (nSPS) is 10.2. The average molecular weight is 310 g/mol. The molecule has 0 atom stereocenters.